The van der Waals surface area contributed by atoms with Crippen LogP contribution in [0.4, 0.5) is 5.69 Å². The summed E-state index contributed by atoms with van der Waals surface area (Å²) in [5, 5.41) is 3.45. The Morgan fingerprint density at radius 3 is 2.56 bits per heavy atom. The van der Waals surface area contributed by atoms with E-state index in [1.807, 2.05) is 20.8 Å². The van der Waals surface area contributed by atoms with Gasteiger partial charge >= 0.3 is 0 Å². The normalized spacial score (nSPS) is 12.6. The van der Waals surface area contributed by atoms with Gasteiger partial charge in [-0.05, 0) is 36.6 Å². The van der Waals surface area contributed by atoms with E-state index in [0.29, 0.717) is 5.02 Å². The Kier molecular flexibility index (Phi) is 4.33. The summed E-state index contributed by atoms with van der Waals surface area (Å²) in [6.07, 6.45) is 0. The van der Waals surface area contributed by atoms with Crippen LogP contribution in [0.15, 0.2) is 18.2 Å². The topological polar surface area (TPSA) is 55.1 Å². The third-order valence-corrected chi connectivity index (χ3v) is 2.70. The van der Waals surface area contributed by atoms with Gasteiger partial charge in [-0.25, -0.2) is 0 Å². The smallest absolute Gasteiger partial charge is 0.241 e. The molecule has 0 spiro atoms. The number of amides is 1. The lowest BCUT2D eigenvalue weighted by molar-refractivity contribution is -0.118. The summed E-state index contributed by atoms with van der Waals surface area (Å²) in [7, 11) is 0. The second-order valence-corrected chi connectivity index (χ2v) is 4.65. The second-order valence-electron chi connectivity index (χ2n) is 4.22. The predicted octanol–water partition coefficient (Wildman–Crippen LogP) is 2.57. The summed E-state index contributed by atoms with van der Waals surface area (Å²) in [6, 6.07) is 4.83. The maximum Gasteiger partial charge on any atom is 0.241 e. The average Bonchev–Trinajstić information content (AvgIpc) is 2.20. The number of hydrogen-bond acceptors (Lipinski definition) is 2. The van der Waals surface area contributed by atoms with Gasteiger partial charge in [-0.3, -0.25) is 4.79 Å². The Hall–Kier alpha value is -1.06. The molecule has 16 heavy (non-hydrogen) atoms. The molecule has 0 aliphatic carbocycles. The van der Waals surface area contributed by atoms with Crippen LogP contribution in [0.5, 0.6) is 0 Å². The van der Waals surface area contributed by atoms with Crippen molar-refractivity contribution in [3.63, 3.8) is 0 Å². The molecule has 0 aliphatic rings. The molecule has 0 bridgehead atoms. The average molecular weight is 241 g/mol. The van der Waals surface area contributed by atoms with E-state index < -0.39 is 6.04 Å². The van der Waals surface area contributed by atoms with Gasteiger partial charge in [0.2, 0.25) is 5.91 Å². The van der Waals surface area contributed by atoms with E-state index in [1.54, 1.807) is 18.2 Å². The molecule has 0 radical (unpaired) electrons. The molecule has 1 amide bonds. The van der Waals surface area contributed by atoms with Crippen LogP contribution in [-0.4, -0.2) is 11.9 Å². The summed E-state index contributed by atoms with van der Waals surface area (Å²) >= 11 is 5.83. The fourth-order valence-corrected chi connectivity index (χ4v) is 1.51. The van der Waals surface area contributed by atoms with Crippen molar-refractivity contribution in [3.8, 4) is 0 Å². The van der Waals surface area contributed by atoms with Crippen molar-refractivity contribution in [2.24, 2.45) is 11.7 Å². The molecule has 3 N–H and O–H groups in total. The quantitative estimate of drug-likeness (QED) is 0.853. The van der Waals surface area contributed by atoms with Gasteiger partial charge in [0.15, 0.2) is 0 Å². The molecule has 1 atom stereocenters. The first-order valence-corrected chi connectivity index (χ1v) is 5.62. The monoisotopic (exact) mass is 240 g/mol. The van der Waals surface area contributed by atoms with Crippen molar-refractivity contribution in [2.45, 2.75) is 26.8 Å². The molecule has 0 aromatic heterocycles. The van der Waals surface area contributed by atoms with Crippen molar-refractivity contribution >= 4 is 23.2 Å². The first-order valence-electron chi connectivity index (χ1n) is 5.24. The number of aryl methyl sites for hydroxylation is 1. The van der Waals surface area contributed by atoms with Crippen LogP contribution in [0.1, 0.15) is 19.4 Å². The third-order valence-electron chi connectivity index (χ3n) is 2.47. The molecule has 1 aromatic rings. The Morgan fingerprint density at radius 1 is 1.44 bits per heavy atom. The standard InChI is InChI=1S/C12H17ClN2O/c1-7(2)11(14)12(16)15-10-5-4-9(13)6-8(10)3/h4-7,11H,14H2,1-3H3,(H,15,16). The molecule has 0 saturated heterocycles. The molecule has 0 aliphatic heterocycles. The SMILES string of the molecule is Cc1cc(Cl)ccc1NC(=O)C(N)C(C)C. The second kappa shape index (κ2) is 5.32. The zero-order valence-electron chi connectivity index (χ0n) is 9.75. The van der Waals surface area contributed by atoms with Gasteiger partial charge in [-0.1, -0.05) is 25.4 Å². The van der Waals surface area contributed by atoms with Crippen LogP contribution in [0, 0.1) is 12.8 Å². The lowest BCUT2D eigenvalue weighted by Crippen LogP contribution is -2.39. The number of nitrogens with two attached hydrogens (primary N) is 1. The maximum atomic E-state index is 11.7. The van der Waals surface area contributed by atoms with Crippen molar-refractivity contribution in [1.29, 1.82) is 0 Å². The fourth-order valence-electron chi connectivity index (χ4n) is 1.29. The maximum absolute atomic E-state index is 11.7. The van der Waals surface area contributed by atoms with Gasteiger partial charge in [0, 0.05) is 10.7 Å². The summed E-state index contributed by atoms with van der Waals surface area (Å²) in [6.45, 7) is 5.72. The first kappa shape index (κ1) is 13.0. The van der Waals surface area contributed by atoms with E-state index >= 15 is 0 Å². The molecule has 0 saturated carbocycles. The Balaban J connectivity index is 2.77. The minimum atomic E-state index is -0.491. The zero-order valence-corrected chi connectivity index (χ0v) is 10.5. The largest absolute Gasteiger partial charge is 0.324 e. The van der Waals surface area contributed by atoms with Crippen LogP contribution in [-0.2, 0) is 4.79 Å². The van der Waals surface area contributed by atoms with Crippen LogP contribution >= 0.6 is 11.6 Å². The van der Waals surface area contributed by atoms with Crippen molar-refractivity contribution in [2.75, 3.05) is 5.32 Å². The van der Waals surface area contributed by atoms with E-state index in [4.69, 9.17) is 17.3 Å². The molecule has 88 valence electrons. The minimum Gasteiger partial charge on any atom is -0.324 e. The molecule has 0 fully saturated rings. The van der Waals surface area contributed by atoms with Crippen molar-refractivity contribution < 1.29 is 4.79 Å². The molecule has 0 heterocycles. The van der Waals surface area contributed by atoms with Gasteiger partial charge in [0.25, 0.3) is 0 Å². The van der Waals surface area contributed by atoms with Crippen LogP contribution < -0.4 is 11.1 Å². The van der Waals surface area contributed by atoms with E-state index in [0.717, 1.165) is 11.3 Å². The Bertz CT molecular complexity index is 391. The summed E-state index contributed by atoms with van der Waals surface area (Å²) in [5.41, 5.74) is 7.43. The minimum absolute atomic E-state index is 0.118. The summed E-state index contributed by atoms with van der Waals surface area (Å²) < 4.78 is 0. The van der Waals surface area contributed by atoms with Crippen molar-refractivity contribution in [1.82, 2.24) is 0 Å². The Morgan fingerprint density at radius 2 is 2.06 bits per heavy atom. The highest BCUT2D eigenvalue weighted by molar-refractivity contribution is 6.30. The van der Waals surface area contributed by atoms with E-state index in [-0.39, 0.29) is 11.8 Å². The highest BCUT2D eigenvalue weighted by atomic mass is 35.5. The Labute approximate surface area is 101 Å². The molecule has 1 unspecified atom stereocenters. The van der Waals surface area contributed by atoms with E-state index in [1.165, 1.54) is 0 Å². The third kappa shape index (κ3) is 3.22. The van der Waals surface area contributed by atoms with Crippen LogP contribution in [0.3, 0.4) is 0 Å². The summed E-state index contributed by atoms with van der Waals surface area (Å²) in [4.78, 5) is 11.7. The number of anilines is 1. The number of rotatable bonds is 3. The lowest BCUT2D eigenvalue weighted by atomic mass is 10.0. The van der Waals surface area contributed by atoms with Gasteiger partial charge in [-0.15, -0.1) is 0 Å². The molecular formula is C12H17ClN2O. The van der Waals surface area contributed by atoms with Crippen molar-refractivity contribution in [3.05, 3.63) is 28.8 Å². The summed E-state index contributed by atoms with van der Waals surface area (Å²) in [5.74, 6) is -0.0481. The number of carbonyl (C=O) groups is 1. The van der Waals surface area contributed by atoms with Gasteiger partial charge in [0.1, 0.15) is 0 Å². The molecular weight excluding hydrogens is 224 g/mol. The van der Waals surface area contributed by atoms with Gasteiger partial charge in [0.05, 0.1) is 6.04 Å². The molecule has 3 nitrogen and oxygen atoms in total. The highest BCUT2D eigenvalue weighted by Crippen LogP contribution is 2.19. The van der Waals surface area contributed by atoms with Crippen LogP contribution in [0.2, 0.25) is 5.02 Å². The number of nitrogens with one attached hydrogen (secondary N) is 1. The number of hydrogen-bond donors (Lipinski definition) is 2. The molecule has 1 rings (SSSR count). The van der Waals surface area contributed by atoms with E-state index in [2.05, 4.69) is 5.32 Å². The number of halogens is 1. The fraction of sp³-hybridized carbons (Fsp3) is 0.417. The number of benzene rings is 1. The first-order chi connectivity index (χ1) is 7.41. The van der Waals surface area contributed by atoms with E-state index in [9.17, 15) is 4.79 Å². The highest BCUT2D eigenvalue weighted by Gasteiger charge is 2.17. The molecule has 4 heteroatoms. The van der Waals surface area contributed by atoms with Crippen LogP contribution in [0.25, 0.3) is 0 Å². The van der Waals surface area contributed by atoms with Gasteiger partial charge in [-0.2, -0.15) is 0 Å². The number of carbonyl (C=O) groups excluding carboxylic acids is 1. The van der Waals surface area contributed by atoms with Gasteiger partial charge < -0.3 is 11.1 Å². The molecule has 1 aromatic carbocycles. The predicted molar refractivity (Wildman–Crippen MR) is 67.6 cm³/mol. The lowest BCUT2D eigenvalue weighted by Gasteiger charge is -2.16. The zero-order chi connectivity index (χ0) is 12.3.